The van der Waals surface area contributed by atoms with E-state index in [2.05, 4.69) is 5.16 Å². The first-order chi connectivity index (χ1) is 9.63. The van der Waals surface area contributed by atoms with Crippen molar-refractivity contribution < 1.29 is 19.2 Å². The quantitative estimate of drug-likeness (QED) is 0.913. The summed E-state index contributed by atoms with van der Waals surface area (Å²) < 4.78 is 10.8. The van der Waals surface area contributed by atoms with Gasteiger partial charge in [-0.25, -0.2) is 4.79 Å². The van der Waals surface area contributed by atoms with E-state index in [-0.39, 0.29) is 5.69 Å². The second kappa shape index (κ2) is 5.17. The molecule has 2 aromatic rings. The number of carboxylic acids is 1. The zero-order chi connectivity index (χ0) is 14.1. The maximum atomic E-state index is 10.8. The normalized spacial score (nSPS) is 14.2. The fourth-order valence-electron chi connectivity index (χ4n) is 1.82. The first-order valence-corrected chi connectivity index (χ1v) is 6.64. The van der Waals surface area contributed by atoms with E-state index < -0.39 is 5.97 Å². The molecular weight excluding hydrogens is 282 g/mol. The molecule has 1 aliphatic rings. The van der Waals surface area contributed by atoms with Crippen molar-refractivity contribution in [3.63, 3.8) is 0 Å². The van der Waals surface area contributed by atoms with Gasteiger partial charge in [-0.3, -0.25) is 0 Å². The minimum Gasteiger partial charge on any atom is -0.493 e. The van der Waals surface area contributed by atoms with Crippen LogP contribution in [-0.2, 0) is 0 Å². The van der Waals surface area contributed by atoms with E-state index in [1.165, 1.54) is 18.9 Å². The van der Waals surface area contributed by atoms with E-state index in [1.54, 1.807) is 18.2 Å². The number of hydrogen-bond donors (Lipinski definition) is 1. The molecule has 104 valence electrons. The standard InChI is InChI=1S/C14H12ClNO4/c15-9-3-4-12(19-7-8-1-2-8)10(5-9)13-6-11(14(17)18)16-20-13/h3-6,8H,1-2,7H2,(H,17,18). The van der Waals surface area contributed by atoms with Crippen molar-refractivity contribution in [2.45, 2.75) is 12.8 Å². The molecule has 0 saturated heterocycles. The SMILES string of the molecule is O=C(O)c1cc(-c2cc(Cl)ccc2OCC2CC2)on1. The molecule has 1 N–H and O–H groups in total. The van der Waals surface area contributed by atoms with Gasteiger partial charge in [-0.15, -0.1) is 0 Å². The Hall–Kier alpha value is -2.01. The molecule has 1 heterocycles. The van der Waals surface area contributed by atoms with Gasteiger partial charge in [-0.1, -0.05) is 16.8 Å². The first kappa shape index (κ1) is 13.0. The number of halogens is 1. The number of aromatic nitrogens is 1. The Morgan fingerprint density at radius 2 is 2.25 bits per heavy atom. The van der Waals surface area contributed by atoms with Crippen LogP contribution in [0.4, 0.5) is 0 Å². The minimum atomic E-state index is -1.14. The highest BCUT2D eigenvalue weighted by molar-refractivity contribution is 6.30. The van der Waals surface area contributed by atoms with Crippen molar-refractivity contribution in [1.82, 2.24) is 5.16 Å². The molecule has 0 atom stereocenters. The van der Waals surface area contributed by atoms with E-state index in [0.29, 0.717) is 34.6 Å². The van der Waals surface area contributed by atoms with Crippen molar-refractivity contribution in [2.24, 2.45) is 5.92 Å². The number of benzene rings is 1. The van der Waals surface area contributed by atoms with Crippen LogP contribution in [0.25, 0.3) is 11.3 Å². The first-order valence-electron chi connectivity index (χ1n) is 6.26. The molecule has 1 fully saturated rings. The van der Waals surface area contributed by atoms with Crippen LogP contribution in [0.1, 0.15) is 23.3 Å². The summed E-state index contributed by atoms with van der Waals surface area (Å²) >= 11 is 5.98. The van der Waals surface area contributed by atoms with Crippen molar-refractivity contribution in [3.8, 4) is 17.1 Å². The predicted molar refractivity (Wildman–Crippen MR) is 72.1 cm³/mol. The highest BCUT2D eigenvalue weighted by atomic mass is 35.5. The maximum Gasteiger partial charge on any atom is 0.358 e. The molecule has 1 aliphatic carbocycles. The molecule has 3 rings (SSSR count). The van der Waals surface area contributed by atoms with Crippen LogP contribution in [0, 0.1) is 5.92 Å². The maximum absolute atomic E-state index is 10.8. The lowest BCUT2D eigenvalue weighted by Crippen LogP contribution is -2.00. The lowest BCUT2D eigenvalue weighted by atomic mass is 10.1. The third kappa shape index (κ3) is 2.77. The van der Waals surface area contributed by atoms with Crippen LogP contribution in [0.2, 0.25) is 5.02 Å². The van der Waals surface area contributed by atoms with Gasteiger partial charge in [0.05, 0.1) is 12.2 Å². The summed E-state index contributed by atoms with van der Waals surface area (Å²) in [5.74, 6) is 0.426. The van der Waals surface area contributed by atoms with Crippen molar-refractivity contribution >= 4 is 17.6 Å². The molecular formula is C14H12ClNO4. The Labute approximate surface area is 120 Å². The summed E-state index contributed by atoms with van der Waals surface area (Å²) in [6.45, 7) is 0.647. The molecule has 1 saturated carbocycles. The van der Waals surface area contributed by atoms with E-state index in [9.17, 15) is 4.79 Å². The van der Waals surface area contributed by atoms with Crippen LogP contribution < -0.4 is 4.74 Å². The predicted octanol–water partition coefficient (Wildman–Crippen LogP) is 3.48. The lowest BCUT2D eigenvalue weighted by molar-refractivity contribution is 0.0686. The number of rotatable bonds is 5. The van der Waals surface area contributed by atoms with Crippen LogP contribution in [0.15, 0.2) is 28.8 Å². The fourth-order valence-corrected chi connectivity index (χ4v) is 1.99. The molecule has 1 aromatic carbocycles. The van der Waals surface area contributed by atoms with Gasteiger partial charge in [0.15, 0.2) is 11.5 Å². The zero-order valence-corrected chi connectivity index (χ0v) is 11.3. The van der Waals surface area contributed by atoms with Gasteiger partial charge in [0, 0.05) is 11.1 Å². The number of carbonyl (C=O) groups is 1. The molecule has 6 heteroatoms. The number of carboxylic acid groups (broad SMARTS) is 1. The Kier molecular flexibility index (Phi) is 3.36. The second-order valence-electron chi connectivity index (χ2n) is 4.78. The number of aromatic carboxylic acids is 1. The number of nitrogens with zero attached hydrogens (tertiary/aromatic N) is 1. The molecule has 5 nitrogen and oxygen atoms in total. The molecule has 0 spiro atoms. The Balaban J connectivity index is 1.91. The smallest absolute Gasteiger partial charge is 0.358 e. The van der Waals surface area contributed by atoms with Gasteiger partial charge in [0.1, 0.15) is 5.75 Å². The highest BCUT2D eigenvalue weighted by Crippen LogP contribution is 2.35. The fraction of sp³-hybridized carbons (Fsp3) is 0.286. The second-order valence-corrected chi connectivity index (χ2v) is 5.21. The van der Waals surface area contributed by atoms with Gasteiger partial charge in [0.25, 0.3) is 0 Å². The summed E-state index contributed by atoms with van der Waals surface area (Å²) in [7, 11) is 0. The van der Waals surface area contributed by atoms with Crippen LogP contribution in [0.5, 0.6) is 5.75 Å². The van der Waals surface area contributed by atoms with Crippen molar-refractivity contribution in [3.05, 3.63) is 35.0 Å². The summed E-state index contributed by atoms with van der Waals surface area (Å²) in [6.07, 6.45) is 2.38. The molecule has 0 amide bonds. The van der Waals surface area contributed by atoms with Gasteiger partial charge >= 0.3 is 5.97 Å². The summed E-state index contributed by atoms with van der Waals surface area (Å²) in [5, 5.41) is 12.9. The lowest BCUT2D eigenvalue weighted by Gasteiger charge is -2.09. The summed E-state index contributed by atoms with van der Waals surface area (Å²) in [5.41, 5.74) is 0.464. The third-order valence-electron chi connectivity index (χ3n) is 3.11. The average molecular weight is 294 g/mol. The van der Waals surface area contributed by atoms with Crippen LogP contribution in [0.3, 0.4) is 0 Å². The molecule has 20 heavy (non-hydrogen) atoms. The molecule has 0 radical (unpaired) electrons. The van der Waals surface area contributed by atoms with Crippen molar-refractivity contribution in [1.29, 1.82) is 0 Å². The average Bonchev–Trinajstić information content (AvgIpc) is 3.11. The van der Waals surface area contributed by atoms with Gasteiger partial charge < -0.3 is 14.4 Å². The van der Waals surface area contributed by atoms with E-state index >= 15 is 0 Å². The van der Waals surface area contributed by atoms with Crippen LogP contribution >= 0.6 is 11.6 Å². The number of hydrogen-bond acceptors (Lipinski definition) is 4. The van der Waals surface area contributed by atoms with E-state index in [0.717, 1.165) is 0 Å². The van der Waals surface area contributed by atoms with E-state index in [1.807, 2.05) is 0 Å². The molecule has 0 unspecified atom stereocenters. The molecule has 0 aliphatic heterocycles. The summed E-state index contributed by atoms with van der Waals surface area (Å²) in [4.78, 5) is 10.8. The third-order valence-corrected chi connectivity index (χ3v) is 3.34. The van der Waals surface area contributed by atoms with Gasteiger partial charge in [0.2, 0.25) is 0 Å². The Bertz CT molecular complexity index is 648. The number of ether oxygens (including phenoxy) is 1. The topological polar surface area (TPSA) is 72.6 Å². The van der Waals surface area contributed by atoms with Crippen LogP contribution in [-0.4, -0.2) is 22.8 Å². The highest BCUT2D eigenvalue weighted by Gasteiger charge is 2.23. The van der Waals surface area contributed by atoms with Gasteiger partial charge in [-0.05, 0) is 37.0 Å². The summed E-state index contributed by atoms with van der Waals surface area (Å²) in [6, 6.07) is 6.51. The van der Waals surface area contributed by atoms with Gasteiger partial charge in [-0.2, -0.15) is 0 Å². The largest absolute Gasteiger partial charge is 0.493 e. The monoisotopic (exact) mass is 293 g/mol. The zero-order valence-electron chi connectivity index (χ0n) is 10.5. The molecule has 1 aromatic heterocycles. The van der Waals surface area contributed by atoms with Crippen molar-refractivity contribution in [2.75, 3.05) is 6.61 Å². The Morgan fingerprint density at radius 3 is 2.90 bits per heavy atom. The molecule has 0 bridgehead atoms. The van der Waals surface area contributed by atoms with E-state index in [4.69, 9.17) is 26.0 Å². The minimum absolute atomic E-state index is 0.145. The Morgan fingerprint density at radius 1 is 1.45 bits per heavy atom.